The van der Waals surface area contributed by atoms with Crippen molar-refractivity contribution in [2.75, 3.05) is 0 Å². The lowest BCUT2D eigenvalue weighted by Crippen LogP contribution is -2.30. The summed E-state index contributed by atoms with van der Waals surface area (Å²) in [4.78, 5) is 21.2. The second-order valence-corrected chi connectivity index (χ2v) is 7.17. The Morgan fingerprint density at radius 3 is 2.77 bits per heavy atom. The van der Waals surface area contributed by atoms with Gasteiger partial charge in [-0.1, -0.05) is 12.1 Å². The third kappa shape index (κ3) is 4.05. The van der Waals surface area contributed by atoms with E-state index in [1.165, 1.54) is 7.05 Å². The van der Waals surface area contributed by atoms with Gasteiger partial charge in [-0.05, 0) is 31.4 Å². The number of carbonyl (C=O) groups is 1. The van der Waals surface area contributed by atoms with E-state index in [0.717, 1.165) is 28.8 Å². The van der Waals surface area contributed by atoms with Crippen LogP contribution in [-0.2, 0) is 13.2 Å². The van der Waals surface area contributed by atoms with Crippen molar-refractivity contribution < 1.29 is 22.5 Å². The summed E-state index contributed by atoms with van der Waals surface area (Å²) in [5.74, 6) is 0.289. The number of aromatic nitrogens is 5. The highest BCUT2D eigenvalue weighted by Gasteiger charge is 2.36. The Morgan fingerprint density at radius 1 is 1.37 bits per heavy atom. The molecule has 1 fully saturated rings. The number of amides is 1. The molecule has 0 saturated heterocycles. The van der Waals surface area contributed by atoms with Crippen LogP contribution in [0, 0.1) is 0 Å². The molecule has 0 aliphatic heterocycles. The van der Waals surface area contributed by atoms with E-state index in [9.17, 15) is 18.0 Å². The fraction of sp³-hybridized carbons (Fsp3) is 0.421. The Morgan fingerprint density at radius 2 is 2.13 bits per heavy atom. The molecule has 1 atom stereocenters. The Hall–Kier alpha value is -3.24. The lowest BCUT2D eigenvalue weighted by Gasteiger charge is -2.12. The van der Waals surface area contributed by atoms with E-state index in [-0.39, 0.29) is 11.6 Å². The summed E-state index contributed by atoms with van der Waals surface area (Å²) in [6.45, 7) is 1.79. The molecule has 0 bridgehead atoms. The van der Waals surface area contributed by atoms with Crippen LogP contribution in [0.1, 0.15) is 65.9 Å². The first-order chi connectivity index (χ1) is 14.3. The minimum absolute atomic E-state index is 0.170. The van der Waals surface area contributed by atoms with Crippen LogP contribution in [0.5, 0.6) is 0 Å². The van der Waals surface area contributed by atoms with Gasteiger partial charge in [-0.2, -0.15) is 23.3 Å². The molecule has 4 rings (SSSR count). The van der Waals surface area contributed by atoms with Gasteiger partial charge < -0.3 is 9.84 Å². The highest BCUT2D eigenvalue weighted by Crippen LogP contribution is 2.39. The zero-order chi connectivity index (χ0) is 21.5. The Balaban J connectivity index is 1.52. The summed E-state index contributed by atoms with van der Waals surface area (Å²) in [5, 5.41) is 9.97. The van der Waals surface area contributed by atoms with Gasteiger partial charge in [0.1, 0.15) is 11.7 Å². The molecule has 0 aromatic carbocycles. The molecule has 158 valence electrons. The summed E-state index contributed by atoms with van der Waals surface area (Å²) >= 11 is 0. The van der Waals surface area contributed by atoms with Gasteiger partial charge in [-0.15, -0.1) is 0 Å². The van der Waals surface area contributed by atoms with Gasteiger partial charge in [0.2, 0.25) is 11.7 Å². The van der Waals surface area contributed by atoms with E-state index in [0.29, 0.717) is 24.2 Å². The quantitative estimate of drug-likeness (QED) is 0.654. The van der Waals surface area contributed by atoms with Gasteiger partial charge in [0, 0.05) is 36.5 Å². The molecule has 1 N–H and O–H groups in total. The minimum Gasteiger partial charge on any atom is -0.339 e. The van der Waals surface area contributed by atoms with Crippen molar-refractivity contribution in [2.45, 2.75) is 44.3 Å². The maximum absolute atomic E-state index is 12.8. The molecule has 3 aromatic heterocycles. The van der Waals surface area contributed by atoms with Crippen LogP contribution in [0.25, 0.3) is 11.4 Å². The Bertz CT molecular complexity index is 1070. The van der Waals surface area contributed by atoms with Crippen LogP contribution in [0.3, 0.4) is 0 Å². The molecular weight excluding hydrogens is 401 g/mol. The summed E-state index contributed by atoms with van der Waals surface area (Å²) < 4.78 is 44.7. The minimum atomic E-state index is -4.63. The maximum Gasteiger partial charge on any atom is 0.435 e. The van der Waals surface area contributed by atoms with E-state index >= 15 is 0 Å². The predicted octanol–water partition coefficient (Wildman–Crippen LogP) is 3.64. The Kier molecular flexibility index (Phi) is 5.04. The van der Waals surface area contributed by atoms with Crippen molar-refractivity contribution in [3.8, 4) is 11.4 Å². The van der Waals surface area contributed by atoms with Crippen LogP contribution in [0.2, 0.25) is 0 Å². The molecular formula is C19H19F3N6O2. The molecule has 0 unspecified atom stereocenters. The number of nitrogens with zero attached hydrogens (tertiary/aromatic N) is 5. The first-order valence-corrected chi connectivity index (χ1v) is 9.48. The number of nitrogens with one attached hydrogen (secondary N) is 1. The lowest BCUT2D eigenvalue weighted by atomic mass is 10.1. The molecule has 8 nitrogen and oxygen atoms in total. The standard InChI is InChI=1S/C19H19F3N6O2/c1-3-12(24-17(29)14-9-15(19(20,21)22)26-28(14)2)18-25-16(27-30-18)11-6-7-23-13(8-11)10-4-5-10/h6-10,12H,3-5H2,1-2H3,(H,24,29)/t12-/m0/s1. The van der Waals surface area contributed by atoms with Crippen molar-refractivity contribution in [1.82, 2.24) is 30.2 Å². The summed E-state index contributed by atoms with van der Waals surface area (Å²) in [5.41, 5.74) is 0.386. The van der Waals surface area contributed by atoms with Gasteiger partial charge in [0.05, 0.1) is 0 Å². The van der Waals surface area contributed by atoms with Gasteiger partial charge in [0.15, 0.2) is 5.69 Å². The first-order valence-electron chi connectivity index (χ1n) is 9.48. The van der Waals surface area contributed by atoms with E-state index in [4.69, 9.17) is 4.52 Å². The van der Waals surface area contributed by atoms with Gasteiger partial charge in [-0.25, -0.2) is 0 Å². The summed E-state index contributed by atoms with van der Waals surface area (Å²) in [7, 11) is 1.27. The second kappa shape index (κ2) is 7.54. The number of halogens is 3. The van der Waals surface area contributed by atoms with Crippen molar-refractivity contribution in [3.05, 3.63) is 47.4 Å². The van der Waals surface area contributed by atoms with Crippen molar-refractivity contribution in [3.63, 3.8) is 0 Å². The first kappa shape index (κ1) is 20.0. The smallest absolute Gasteiger partial charge is 0.339 e. The molecule has 1 saturated carbocycles. The number of alkyl halides is 3. The van der Waals surface area contributed by atoms with Gasteiger partial charge in [-0.3, -0.25) is 14.5 Å². The number of hydrogen-bond donors (Lipinski definition) is 1. The number of rotatable bonds is 6. The van der Waals surface area contributed by atoms with E-state index < -0.39 is 23.8 Å². The van der Waals surface area contributed by atoms with E-state index in [1.807, 2.05) is 6.07 Å². The van der Waals surface area contributed by atoms with Crippen molar-refractivity contribution in [1.29, 1.82) is 0 Å². The van der Waals surface area contributed by atoms with Crippen LogP contribution >= 0.6 is 0 Å². The monoisotopic (exact) mass is 420 g/mol. The zero-order valence-corrected chi connectivity index (χ0v) is 16.3. The summed E-state index contributed by atoms with van der Waals surface area (Å²) in [6.07, 6.45) is -0.310. The normalized spacial score (nSPS) is 15.2. The third-order valence-corrected chi connectivity index (χ3v) is 4.89. The number of hydrogen-bond acceptors (Lipinski definition) is 6. The predicted molar refractivity (Wildman–Crippen MR) is 98.2 cm³/mol. The highest BCUT2D eigenvalue weighted by atomic mass is 19.4. The van der Waals surface area contributed by atoms with Crippen molar-refractivity contribution >= 4 is 5.91 Å². The van der Waals surface area contributed by atoms with E-state index in [1.54, 1.807) is 19.2 Å². The third-order valence-electron chi connectivity index (χ3n) is 4.89. The molecule has 1 aliphatic carbocycles. The molecule has 3 aromatic rings. The SMILES string of the molecule is CC[C@H](NC(=O)c1cc(C(F)(F)F)nn1C)c1nc(-c2ccnc(C3CC3)c2)no1. The number of aryl methyl sites for hydroxylation is 1. The molecule has 30 heavy (non-hydrogen) atoms. The molecule has 3 heterocycles. The van der Waals surface area contributed by atoms with Crippen LogP contribution in [-0.4, -0.2) is 30.8 Å². The topological polar surface area (TPSA) is 98.7 Å². The fourth-order valence-corrected chi connectivity index (χ4v) is 3.07. The zero-order valence-electron chi connectivity index (χ0n) is 16.3. The molecule has 0 radical (unpaired) electrons. The number of pyridine rings is 1. The van der Waals surface area contributed by atoms with Gasteiger partial charge in [0.25, 0.3) is 5.91 Å². The molecule has 0 spiro atoms. The largest absolute Gasteiger partial charge is 0.435 e. The Labute approximate surface area is 169 Å². The van der Waals surface area contributed by atoms with Crippen LogP contribution < -0.4 is 5.32 Å². The average molecular weight is 420 g/mol. The highest BCUT2D eigenvalue weighted by molar-refractivity contribution is 5.92. The average Bonchev–Trinajstić information content (AvgIpc) is 3.30. The summed E-state index contributed by atoms with van der Waals surface area (Å²) in [6, 6.07) is 3.74. The molecule has 11 heteroatoms. The second-order valence-electron chi connectivity index (χ2n) is 7.17. The fourth-order valence-electron chi connectivity index (χ4n) is 3.07. The molecule has 1 aliphatic rings. The van der Waals surface area contributed by atoms with Gasteiger partial charge >= 0.3 is 6.18 Å². The van der Waals surface area contributed by atoms with E-state index in [2.05, 4.69) is 25.5 Å². The maximum atomic E-state index is 12.8. The number of carbonyl (C=O) groups excluding carboxylic acids is 1. The van der Waals surface area contributed by atoms with Crippen LogP contribution in [0.15, 0.2) is 28.9 Å². The van der Waals surface area contributed by atoms with Crippen molar-refractivity contribution in [2.24, 2.45) is 7.05 Å². The lowest BCUT2D eigenvalue weighted by molar-refractivity contribution is -0.141. The molecule has 1 amide bonds. The van der Waals surface area contributed by atoms with Crippen LogP contribution in [0.4, 0.5) is 13.2 Å².